The maximum atomic E-state index is 12.6. The number of piperidine rings is 1. The summed E-state index contributed by atoms with van der Waals surface area (Å²) in [5.41, 5.74) is 1.33. The van der Waals surface area contributed by atoms with Gasteiger partial charge in [0.2, 0.25) is 11.8 Å². The predicted octanol–water partition coefficient (Wildman–Crippen LogP) is 2.71. The van der Waals surface area contributed by atoms with Gasteiger partial charge in [-0.15, -0.1) is 0 Å². The van der Waals surface area contributed by atoms with Crippen molar-refractivity contribution in [1.29, 1.82) is 0 Å². The van der Waals surface area contributed by atoms with Crippen LogP contribution in [0.15, 0.2) is 30.3 Å². The van der Waals surface area contributed by atoms with Crippen LogP contribution in [0.5, 0.6) is 0 Å². The number of hydrogen-bond acceptors (Lipinski definition) is 3. The molecular formula is C21H33N3O2. The highest BCUT2D eigenvalue weighted by atomic mass is 16.2. The fourth-order valence-electron chi connectivity index (χ4n) is 3.27. The molecule has 26 heavy (non-hydrogen) atoms. The number of nitrogens with one attached hydrogen (secondary N) is 2. The second kappa shape index (κ2) is 10.3. The largest absolute Gasteiger partial charge is 0.351 e. The molecule has 0 aromatic heterocycles. The van der Waals surface area contributed by atoms with Crippen LogP contribution in [-0.2, 0) is 16.1 Å². The monoisotopic (exact) mass is 359 g/mol. The summed E-state index contributed by atoms with van der Waals surface area (Å²) in [4.78, 5) is 27.0. The van der Waals surface area contributed by atoms with Crippen molar-refractivity contribution >= 4 is 11.8 Å². The van der Waals surface area contributed by atoms with Crippen LogP contribution in [0.25, 0.3) is 0 Å². The summed E-state index contributed by atoms with van der Waals surface area (Å²) < 4.78 is 0. The second-order valence-electron chi connectivity index (χ2n) is 7.55. The van der Waals surface area contributed by atoms with E-state index in [1.165, 1.54) is 5.56 Å². The van der Waals surface area contributed by atoms with Crippen LogP contribution < -0.4 is 10.6 Å². The zero-order chi connectivity index (χ0) is 18.9. The molecule has 1 aliphatic heterocycles. The van der Waals surface area contributed by atoms with E-state index < -0.39 is 6.04 Å². The van der Waals surface area contributed by atoms with Crippen molar-refractivity contribution in [1.82, 2.24) is 15.5 Å². The molecule has 0 saturated carbocycles. The minimum absolute atomic E-state index is 0.0395. The summed E-state index contributed by atoms with van der Waals surface area (Å²) in [5, 5.41) is 6.04. The maximum Gasteiger partial charge on any atom is 0.242 e. The zero-order valence-corrected chi connectivity index (χ0v) is 16.3. The van der Waals surface area contributed by atoms with Gasteiger partial charge in [-0.3, -0.25) is 14.5 Å². The highest BCUT2D eigenvalue weighted by molar-refractivity contribution is 5.88. The topological polar surface area (TPSA) is 61.4 Å². The van der Waals surface area contributed by atoms with Crippen LogP contribution in [0.1, 0.15) is 52.0 Å². The zero-order valence-electron chi connectivity index (χ0n) is 16.3. The van der Waals surface area contributed by atoms with Gasteiger partial charge < -0.3 is 10.6 Å². The number of carbonyl (C=O) groups is 2. The van der Waals surface area contributed by atoms with E-state index in [-0.39, 0.29) is 23.8 Å². The molecule has 1 heterocycles. The minimum atomic E-state index is -0.419. The second-order valence-corrected chi connectivity index (χ2v) is 7.55. The summed E-state index contributed by atoms with van der Waals surface area (Å²) >= 11 is 0. The van der Waals surface area contributed by atoms with Crippen LogP contribution in [0, 0.1) is 5.92 Å². The van der Waals surface area contributed by atoms with Gasteiger partial charge >= 0.3 is 0 Å². The summed E-state index contributed by atoms with van der Waals surface area (Å²) in [5.74, 6) is -0.206. The number of likely N-dealkylation sites (tertiary alicyclic amines) is 1. The molecule has 5 heteroatoms. The van der Waals surface area contributed by atoms with E-state index in [1.54, 1.807) is 0 Å². The molecule has 1 aliphatic rings. The van der Waals surface area contributed by atoms with E-state index in [9.17, 15) is 9.59 Å². The molecule has 5 nitrogen and oxygen atoms in total. The molecule has 1 fully saturated rings. The first-order valence-electron chi connectivity index (χ1n) is 9.86. The van der Waals surface area contributed by atoms with Crippen molar-refractivity contribution in [3.63, 3.8) is 0 Å². The molecule has 0 aliphatic carbocycles. The molecule has 0 spiro atoms. The fourth-order valence-corrected chi connectivity index (χ4v) is 3.27. The minimum Gasteiger partial charge on any atom is -0.351 e. The molecule has 1 aromatic rings. The Kier molecular flexibility index (Phi) is 8.10. The lowest BCUT2D eigenvalue weighted by molar-refractivity contribution is -0.131. The molecule has 1 atom stereocenters. The normalized spacial score (nSPS) is 17.1. The Morgan fingerprint density at radius 3 is 2.35 bits per heavy atom. The standard InChI is InChI=1S/C21H33N3O2/c1-4-8-19(23-20(25)16(2)3)21(26)22-18-11-13-24(14-12-18)15-17-9-6-5-7-10-17/h5-7,9-10,16,18-19H,4,8,11-15H2,1-3H3,(H,22,26)(H,23,25). The van der Waals surface area contributed by atoms with E-state index >= 15 is 0 Å². The van der Waals surface area contributed by atoms with Crippen LogP contribution in [0.3, 0.4) is 0 Å². The third-order valence-corrected chi connectivity index (χ3v) is 4.92. The highest BCUT2D eigenvalue weighted by Gasteiger charge is 2.25. The Hall–Kier alpha value is -1.88. The van der Waals surface area contributed by atoms with Gasteiger partial charge in [0.15, 0.2) is 0 Å². The Morgan fingerprint density at radius 1 is 1.12 bits per heavy atom. The van der Waals surface area contributed by atoms with Crippen LogP contribution in [0.4, 0.5) is 0 Å². The van der Waals surface area contributed by atoms with E-state index in [1.807, 2.05) is 26.8 Å². The van der Waals surface area contributed by atoms with Crippen molar-refractivity contribution in [3.8, 4) is 0 Å². The summed E-state index contributed by atoms with van der Waals surface area (Å²) in [6.45, 7) is 8.65. The summed E-state index contributed by atoms with van der Waals surface area (Å²) in [7, 11) is 0. The molecule has 0 radical (unpaired) electrons. The molecule has 144 valence electrons. The average molecular weight is 360 g/mol. The first kappa shape index (κ1) is 20.4. The SMILES string of the molecule is CCCC(NC(=O)C(C)C)C(=O)NC1CCN(Cc2ccccc2)CC1. The number of hydrogen-bond donors (Lipinski definition) is 2. The van der Waals surface area contributed by atoms with Gasteiger partial charge in [-0.05, 0) is 24.8 Å². The Balaban J connectivity index is 1.79. The van der Waals surface area contributed by atoms with Crippen molar-refractivity contribution in [3.05, 3.63) is 35.9 Å². The number of amides is 2. The lowest BCUT2D eigenvalue weighted by Crippen LogP contribution is -2.52. The van der Waals surface area contributed by atoms with E-state index in [0.717, 1.165) is 38.9 Å². The smallest absolute Gasteiger partial charge is 0.242 e. The fraction of sp³-hybridized carbons (Fsp3) is 0.619. The third kappa shape index (κ3) is 6.45. The van der Waals surface area contributed by atoms with Gasteiger partial charge in [-0.1, -0.05) is 57.5 Å². The van der Waals surface area contributed by atoms with E-state index in [2.05, 4.69) is 39.8 Å². The van der Waals surface area contributed by atoms with Gasteiger partial charge in [0.1, 0.15) is 6.04 Å². The lowest BCUT2D eigenvalue weighted by atomic mass is 10.0. The van der Waals surface area contributed by atoms with Gasteiger partial charge in [-0.25, -0.2) is 0 Å². The van der Waals surface area contributed by atoms with Gasteiger partial charge in [-0.2, -0.15) is 0 Å². The molecule has 1 aromatic carbocycles. The summed E-state index contributed by atoms with van der Waals surface area (Å²) in [6.07, 6.45) is 3.45. The van der Waals surface area contributed by atoms with Crippen LogP contribution >= 0.6 is 0 Å². The predicted molar refractivity (Wildman–Crippen MR) is 105 cm³/mol. The number of benzene rings is 1. The van der Waals surface area contributed by atoms with Crippen LogP contribution in [0.2, 0.25) is 0 Å². The first-order valence-corrected chi connectivity index (χ1v) is 9.86. The van der Waals surface area contributed by atoms with Gasteiger partial charge in [0.05, 0.1) is 0 Å². The third-order valence-electron chi connectivity index (χ3n) is 4.92. The van der Waals surface area contributed by atoms with Crippen LogP contribution in [-0.4, -0.2) is 41.9 Å². The molecular weight excluding hydrogens is 326 g/mol. The summed E-state index contributed by atoms with van der Waals surface area (Å²) in [6, 6.07) is 10.3. The van der Waals surface area contributed by atoms with Crippen molar-refractivity contribution in [2.45, 2.75) is 65.1 Å². The molecule has 0 bridgehead atoms. The van der Waals surface area contributed by atoms with Gasteiger partial charge in [0, 0.05) is 31.6 Å². The highest BCUT2D eigenvalue weighted by Crippen LogP contribution is 2.14. The van der Waals surface area contributed by atoms with E-state index in [0.29, 0.717) is 6.42 Å². The first-order chi connectivity index (χ1) is 12.5. The van der Waals surface area contributed by atoms with Crippen molar-refractivity contribution < 1.29 is 9.59 Å². The molecule has 2 N–H and O–H groups in total. The van der Waals surface area contributed by atoms with Gasteiger partial charge in [0.25, 0.3) is 0 Å². The maximum absolute atomic E-state index is 12.6. The Morgan fingerprint density at radius 2 is 1.77 bits per heavy atom. The lowest BCUT2D eigenvalue weighted by Gasteiger charge is -2.33. The molecule has 1 saturated heterocycles. The number of nitrogens with zero attached hydrogens (tertiary/aromatic N) is 1. The molecule has 1 unspecified atom stereocenters. The Labute approximate surface area is 157 Å². The Bertz CT molecular complexity index is 566. The number of rotatable bonds is 8. The number of carbonyl (C=O) groups excluding carboxylic acids is 2. The van der Waals surface area contributed by atoms with Crippen molar-refractivity contribution in [2.75, 3.05) is 13.1 Å². The quantitative estimate of drug-likeness (QED) is 0.750. The van der Waals surface area contributed by atoms with E-state index in [4.69, 9.17) is 0 Å². The van der Waals surface area contributed by atoms with Crippen molar-refractivity contribution in [2.24, 2.45) is 5.92 Å². The average Bonchev–Trinajstić information content (AvgIpc) is 2.63. The molecule has 2 rings (SSSR count). The molecule has 2 amide bonds.